The molecule has 100 valence electrons. The summed E-state index contributed by atoms with van der Waals surface area (Å²) in [6, 6.07) is 3.80. The van der Waals surface area contributed by atoms with Crippen molar-refractivity contribution in [3.63, 3.8) is 0 Å². The fraction of sp³-hybridized carbons (Fsp3) is 0.538. The molecule has 1 saturated carbocycles. The average molecular weight is 316 g/mol. The molecule has 1 aromatic rings. The molecule has 1 fully saturated rings. The number of nitrogens with zero attached hydrogens (tertiary/aromatic N) is 1. The third kappa shape index (κ3) is 3.36. The summed E-state index contributed by atoms with van der Waals surface area (Å²) in [5.74, 6) is -0.328. The normalized spacial score (nSPS) is 15.1. The Balaban J connectivity index is 1.87. The molecule has 2 rings (SSSR count). The van der Waals surface area contributed by atoms with Crippen LogP contribution in [0.25, 0.3) is 0 Å². The Kier molecular flexibility index (Phi) is 4.45. The maximum absolute atomic E-state index is 13.2. The van der Waals surface area contributed by atoms with Crippen LogP contribution in [0.5, 0.6) is 0 Å². The Morgan fingerprint density at radius 3 is 2.83 bits per heavy atom. The minimum absolute atomic E-state index is 0.328. The first-order chi connectivity index (χ1) is 8.61. The number of nitrogen functional groups attached to an aromatic ring is 1. The second-order valence-corrected chi connectivity index (χ2v) is 5.49. The molecule has 3 N–H and O–H groups in total. The minimum Gasteiger partial charge on any atom is -0.397 e. The number of halogens is 2. The summed E-state index contributed by atoms with van der Waals surface area (Å²) in [5.41, 5.74) is 7.01. The van der Waals surface area contributed by atoms with E-state index in [0.717, 1.165) is 31.4 Å². The van der Waals surface area contributed by atoms with E-state index in [1.807, 2.05) is 0 Å². The fourth-order valence-corrected chi connectivity index (χ4v) is 2.43. The van der Waals surface area contributed by atoms with Gasteiger partial charge in [0.2, 0.25) is 0 Å². The zero-order chi connectivity index (χ0) is 13.1. The van der Waals surface area contributed by atoms with Crippen LogP contribution in [0.15, 0.2) is 16.6 Å². The minimum atomic E-state index is -0.328. The molecule has 0 amide bonds. The molecule has 3 nitrogen and oxygen atoms in total. The number of benzene rings is 1. The van der Waals surface area contributed by atoms with Crippen LogP contribution < -0.4 is 11.1 Å². The molecule has 0 unspecified atom stereocenters. The highest BCUT2D eigenvalue weighted by molar-refractivity contribution is 9.10. The third-order valence-electron chi connectivity index (χ3n) is 3.28. The second-order valence-electron chi connectivity index (χ2n) is 4.64. The van der Waals surface area contributed by atoms with Gasteiger partial charge in [0.15, 0.2) is 0 Å². The van der Waals surface area contributed by atoms with Crippen molar-refractivity contribution in [2.75, 3.05) is 30.7 Å². The molecule has 1 aliphatic rings. The molecule has 0 bridgehead atoms. The highest BCUT2D eigenvalue weighted by Gasteiger charge is 2.27. The Labute approximate surface area is 116 Å². The average Bonchev–Trinajstić information content (AvgIpc) is 3.15. The van der Waals surface area contributed by atoms with Crippen molar-refractivity contribution >= 4 is 27.3 Å². The molecule has 1 aliphatic carbocycles. The number of rotatable bonds is 6. The summed E-state index contributed by atoms with van der Waals surface area (Å²) in [6.07, 6.45) is 2.64. The van der Waals surface area contributed by atoms with Gasteiger partial charge in [-0.2, -0.15) is 0 Å². The van der Waals surface area contributed by atoms with Crippen molar-refractivity contribution in [1.29, 1.82) is 0 Å². The summed E-state index contributed by atoms with van der Waals surface area (Å²) in [6.45, 7) is 5.08. The Morgan fingerprint density at radius 2 is 2.22 bits per heavy atom. The second kappa shape index (κ2) is 5.89. The lowest BCUT2D eigenvalue weighted by atomic mass is 10.2. The van der Waals surface area contributed by atoms with Crippen LogP contribution in [-0.4, -0.2) is 30.6 Å². The van der Waals surface area contributed by atoms with E-state index < -0.39 is 0 Å². The van der Waals surface area contributed by atoms with E-state index in [1.165, 1.54) is 18.9 Å². The van der Waals surface area contributed by atoms with Gasteiger partial charge in [0, 0.05) is 25.2 Å². The lowest BCUT2D eigenvalue weighted by molar-refractivity contribution is 0.289. The lowest BCUT2D eigenvalue weighted by Gasteiger charge is -2.20. The molecule has 0 aliphatic heterocycles. The third-order valence-corrected chi connectivity index (χ3v) is 3.88. The molecule has 0 radical (unpaired) electrons. The standard InChI is InChI=1S/C13H19BrFN3/c1-2-18(9-3-4-9)6-5-17-13-7-10(14)11(15)8-12(13)16/h7-9,17H,2-6,16H2,1H3. The number of nitrogens with one attached hydrogen (secondary N) is 1. The van der Waals surface area contributed by atoms with Gasteiger partial charge in [-0.05, 0) is 41.4 Å². The first-order valence-electron chi connectivity index (χ1n) is 6.34. The largest absolute Gasteiger partial charge is 0.397 e. The quantitative estimate of drug-likeness (QED) is 0.793. The zero-order valence-corrected chi connectivity index (χ0v) is 12.1. The van der Waals surface area contributed by atoms with Crippen molar-refractivity contribution in [1.82, 2.24) is 4.90 Å². The first-order valence-corrected chi connectivity index (χ1v) is 7.13. The van der Waals surface area contributed by atoms with E-state index >= 15 is 0 Å². The maximum atomic E-state index is 13.2. The summed E-state index contributed by atoms with van der Waals surface area (Å²) in [7, 11) is 0. The van der Waals surface area contributed by atoms with Crippen molar-refractivity contribution in [3.05, 3.63) is 22.4 Å². The van der Waals surface area contributed by atoms with E-state index in [2.05, 4.69) is 33.1 Å². The molecule has 0 heterocycles. The zero-order valence-electron chi connectivity index (χ0n) is 10.5. The van der Waals surface area contributed by atoms with Gasteiger partial charge >= 0.3 is 0 Å². The van der Waals surface area contributed by atoms with E-state index in [4.69, 9.17) is 5.73 Å². The monoisotopic (exact) mass is 315 g/mol. The van der Waals surface area contributed by atoms with E-state index in [1.54, 1.807) is 6.07 Å². The molecular weight excluding hydrogens is 297 g/mol. The SMILES string of the molecule is CCN(CCNc1cc(Br)c(F)cc1N)C1CC1. The maximum Gasteiger partial charge on any atom is 0.139 e. The van der Waals surface area contributed by atoms with Crippen LogP contribution in [0.3, 0.4) is 0 Å². The number of hydrogen-bond acceptors (Lipinski definition) is 3. The van der Waals surface area contributed by atoms with Gasteiger partial charge < -0.3 is 11.1 Å². The molecule has 5 heteroatoms. The van der Waals surface area contributed by atoms with Gasteiger partial charge in [-0.3, -0.25) is 4.90 Å². The molecular formula is C13H19BrFN3. The molecule has 0 aromatic heterocycles. The van der Waals surface area contributed by atoms with E-state index in [0.29, 0.717) is 10.2 Å². The van der Waals surface area contributed by atoms with Crippen LogP contribution >= 0.6 is 15.9 Å². The van der Waals surface area contributed by atoms with Gasteiger partial charge in [-0.1, -0.05) is 6.92 Å². The van der Waals surface area contributed by atoms with Crippen LogP contribution in [0.2, 0.25) is 0 Å². The van der Waals surface area contributed by atoms with E-state index in [-0.39, 0.29) is 5.82 Å². The van der Waals surface area contributed by atoms with Crippen molar-refractivity contribution in [3.8, 4) is 0 Å². The van der Waals surface area contributed by atoms with Crippen LogP contribution in [0, 0.1) is 5.82 Å². The molecule has 0 atom stereocenters. The van der Waals surface area contributed by atoms with Crippen molar-refractivity contribution < 1.29 is 4.39 Å². The number of anilines is 2. The van der Waals surface area contributed by atoms with Crippen LogP contribution in [0.1, 0.15) is 19.8 Å². The summed E-state index contributed by atoms with van der Waals surface area (Å²) < 4.78 is 13.7. The van der Waals surface area contributed by atoms with E-state index in [9.17, 15) is 4.39 Å². The van der Waals surface area contributed by atoms with Crippen LogP contribution in [-0.2, 0) is 0 Å². The van der Waals surface area contributed by atoms with Crippen molar-refractivity contribution in [2.45, 2.75) is 25.8 Å². The molecule has 0 saturated heterocycles. The number of likely N-dealkylation sites (N-methyl/N-ethyl adjacent to an activating group) is 1. The Morgan fingerprint density at radius 1 is 1.50 bits per heavy atom. The van der Waals surface area contributed by atoms with Gasteiger partial charge in [-0.15, -0.1) is 0 Å². The first kappa shape index (κ1) is 13.6. The summed E-state index contributed by atoms with van der Waals surface area (Å²) >= 11 is 3.17. The summed E-state index contributed by atoms with van der Waals surface area (Å²) in [4.78, 5) is 2.46. The van der Waals surface area contributed by atoms with Crippen LogP contribution in [0.4, 0.5) is 15.8 Å². The lowest BCUT2D eigenvalue weighted by Crippen LogP contribution is -2.31. The predicted octanol–water partition coefficient (Wildman–Crippen LogP) is 3.07. The topological polar surface area (TPSA) is 41.3 Å². The number of nitrogens with two attached hydrogens (primary N) is 1. The smallest absolute Gasteiger partial charge is 0.139 e. The Bertz CT molecular complexity index is 421. The molecule has 1 aromatic carbocycles. The highest BCUT2D eigenvalue weighted by atomic mass is 79.9. The number of hydrogen-bond donors (Lipinski definition) is 2. The molecule has 18 heavy (non-hydrogen) atoms. The fourth-order valence-electron chi connectivity index (χ4n) is 2.09. The van der Waals surface area contributed by atoms with Gasteiger partial charge in [0.1, 0.15) is 5.82 Å². The predicted molar refractivity (Wildman–Crippen MR) is 77.3 cm³/mol. The molecule has 0 spiro atoms. The van der Waals surface area contributed by atoms with Gasteiger partial charge in [0.25, 0.3) is 0 Å². The summed E-state index contributed by atoms with van der Waals surface area (Å²) in [5, 5.41) is 3.27. The van der Waals surface area contributed by atoms with Crippen molar-refractivity contribution in [2.24, 2.45) is 0 Å². The highest BCUT2D eigenvalue weighted by Crippen LogP contribution is 2.28. The van der Waals surface area contributed by atoms with Gasteiger partial charge in [-0.25, -0.2) is 4.39 Å². The Hall–Kier alpha value is -0.810. The van der Waals surface area contributed by atoms with Gasteiger partial charge in [0.05, 0.1) is 15.8 Å².